The molecule has 4 N–H and O–H groups in total. The maximum Gasteiger partial charge on any atom is 0.277 e. The van der Waals surface area contributed by atoms with E-state index in [1.807, 2.05) is 60.7 Å². The van der Waals surface area contributed by atoms with E-state index in [1.165, 1.54) is 31.2 Å². The minimum atomic E-state index is -0.389. The Morgan fingerprint density at radius 3 is 1.98 bits per heavy atom. The first-order valence-electron chi connectivity index (χ1n) is 15.8. The number of amides is 2. The van der Waals surface area contributed by atoms with Gasteiger partial charge in [0.1, 0.15) is 19.9 Å². The number of aromatic nitrogens is 2. The number of nitrogens with zero attached hydrogens (tertiary/aromatic N) is 3. The Hall–Kier alpha value is -5.52. The molecule has 244 valence electrons. The zero-order valence-corrected chi connectivity index (χ0v) is 26.0. The summed E-state index contributed by atoms with van der Waals surface area (Å²) in [6.45, 7) is 2.22. The minimum absolute atomic E-state index is 0.0212. The third-order valence-corrected chi connectivity index (χ3v) is 8.15. The van der Waals surface area contributed by atoms with Gasteiger partial charge in [-0.05, 0) is 48.6 Å². The monoisotopic (exact) mass is 638 g/mol. The summed E-state index contributed by atoms with van der Waals surface area (Å²) in [7, 11) is 0. The highest BCUT2D eigenvalue weighted by atomic mass is 16.5. The normalized spacial score (nSPS) is 15.1. The number of hydrogen-bond donors (Lipinski definition) is 3. The number of ether oxygens (including phenoxy) is 2. The van der Waals surface area contributed by atoms with Crippen LogP contribution in [0.1, 0.15) is 57.8 Å². The van der Waals surface area contributed by atoms with Crippen LogP contribution in [0.15, 0.2) is 94.8 Å². The van der Waals surface area contributed by atoms with Gasteiger partial charge in [-0.3, -0.25) is 28.5 Å². The molecule has 0 radical (unpaired) electrons. The molecular formula is C35H38N6O6. The Labute approximate surface area is 271 Å². The fourth-order valence-corrected chi connectivity index (χ4v) is 5.13. The number of nitrogens with one attached hydrogen (secondary N) is 2. The molecule has 0 atom stereocenters. The first-order valence-corrected chi connectivity index (χ1v) is 15.8. The van der Waals surface area contributed by atoms with Gasteiger partial charge in [0.2, 0.25) is 10.9 Å². The third kappa shape index (κ3) is 8.01. The van der Waals surface area contributed by atoms with Crippen LogP contribution in [0.2, 0.25) is 0 Å². The summed E-state index contributed by atoms with van der Waals surface area (Å²) in [5, 5.41) is 2.81. The molecule has 47 heavy (non-hydrogen) atoms. The summed E-state index contributed by atoms with van der Waals surface area (Å²) >= 11 is 0. The van der Waals surface area contributed by atoms with Crippen LogP contribution < -0.4 is 36.9 Å². The van der Waals surface area contributed by atoms with Crippen molar-refractivity contribution in [3.63, 3.8) is 0 Å². The molecule has 12 heteroatoms. The van der Waals surface area contributed by atoms with Gasteiger partial charge in [0.05, 0.1) is 0 Å². The van der Waals surface area contributed by atoms with Crippen molar-refractivity contribution in [2.24, 2.45) is 11.8 Å². The summed E-state index contributed by atoms with van der Waals surface area (Å²) in [6.07, 6.45) is 7.54. The molecule has 12 nitrogen and oxygen atoms in total. The molecule has 3 heterocycles. The van der Waals surface area contributed by atoms with Crippen LogP contribution in [-0.4, -0.2) is 45.8 Å². The van der Waals surface area contributed by atoms with Crippen molar-refractivity contribution >= 4 is 11.8 Å². The largest absolute Gasteiger partial charge is 0.482 e. The summed E-state index contributed by atoms with van der Waals surface area (Å²) in [6, 6.07) is 21.7. The Morgan fingerprint density at radius 2 is 1.36 bits per heavy atom. The van der Waals surface area contributed by atoms with Crippen molar-refractivity contribution in [1.82, 2.24) is 19.6 Å². The maximum atomic E-state index is 12.8. The molecule has 3 aliphatic rings. The number of hydrogen-bond acceptors (Lipinski definition) is 8. The van der Waals surface area contributed by atoms with E-state index in [4.69, 9.17) is 15.3 Å². The molecule has 0 unspecified atom stereocenters. The van der Waals surface area contributed by atoms with Gasteiger partial charge in [-0.1, -0.05) is 60.7 Å². The lowest BCUT2D eigenvalue weighted by atomic mass is 10.2. The number of nitrogens with two attached hydrogens (primary N) is 1. The number of benzene rings is 2. The summed E-state index contributed by atoms with van der Waals surface area (Å²) in [4.78, 5) is 51.3. The number of nitrogen functional groups attached to an aromatic ring is 1. The van der Waals surface area contributed by atoms with Crippen molar-refractivity contribution in [2.45, 2.75) is 38.9 Å². The van der Waals surface area contributed by atoms with E-state index < -0.39 is 0 Å². The molecule has 0 saturated heterocycles. The van der Waals surface area contributed by atoms with E-state index in [1.54, 1.807) is 15.8 Å². The lowest BCUT2D eigenvalue weighted by Crippen LogP contribution is -2.47. The Kier molecular flexibility index (Phi) is 9.56. The molecular weight excluding hydrogens is 600 g/mol. The Balaban J connectivity index is 0.000000165. The Bertz CT molecular complexity index is 1830. The number of carbonyl (C=O) groups is 2. The van der Waals surface area contributed by atoms with Crippen LogP contribution in [0, 0.1) is 11.8 Å². The highest BCUT2D eigenvalue weighted by molar-refractivity contribution is 5.96. The molecule has 2 aromatic heterocycles. The van der Waals surface area contributed by atoms with Crippen LogP contribution in [0.4, 0.5) is 0 Å². The SMILES string of the molecule is Nn1ccc(=O)c(OCc2ccccc2)c1C(=O)NCC1CC1.O=C1c2c(OCc3ccccc3)c(=O)ccn2NCN1CC1CC1. The highest BCUT2D eigenvalue weighted by Gasteiger charge is 2.33. The van der Waals surface area contributed by atoms with Crippen molar-refractivity contribution in [1.29, 1.82) is 0 Å². The second-order valence-corrected chi connectivity index (χ2v) is 12.0. The topological polar surface area (TPSA) is 150 Å². The standard InChI is InChI=1S/C18H19N3O3.C17H19N3O3/c22-15-8-9-21-16(17(15)24-11-14-4-2-1-3-5-14)18(23)20(12-19-21)10-13-6-7-13;18-20-9-8-14(21)16(23-11-13-4-2-1-3-5-13)15(20)17(22)19-10-12-6-7-12/h1-5,8-9,13,19H,6-7,10-12H2;1-5,8-9,12H,6-7,10-11,18H2,(H,19,22). The molecule has 2 saturated carbocycles. The van der Waals surface area contributed by atoms with Crippen LogP contribution >= 0.6 is 0 Å². The van der Waals surface area contributed by atoms with Gasteiger partial charge < -0.3 is 31.0 Å². The average Bonchev–Trinajstić information content (AvgIpc) is 4.03. The fraction of sp³-hybridized carbons (Fsp3) is 0.314. The second-order valence-electron chi connectivity index (χ2n) is 12.0. The maximum absolute atomic E-state index is 12.8. The van der Waals surface area contributed by atoms with Gasteiger partial charge in [-0.25, -0.2) is 0 Å². The first kappa shape index (κ1) is 31.5. The number of fused-ring (bicyclic) bond motifs is 1. The van der Waals surface area contributed by atoms with E-state index in [0.29, 0.717) is 25.0 Å². The van der Waals surface area contributed by atoms with E-state index in [-0.39, 0.29) is 58.8 Å². The van der Waals surface area contributed by atoms with Gasteiger partial charge >= 0.3 is 0 Å². The van der Waals surface area contributed by atoms with Gasteiger partial charge in [0.15, 0.2) is 22.9 Å². The summed E-state index contributed by atoms with van der Waals surface area (Å²) < 4.78 is 14.1. The van der Waals surface area contributed by atoms with E-state index >= 15 is 0 Å². The smallest absolute Gasteiger partial charge is 0.277 e. The van der Waals surface area contributed by atoms with Crippen molar-refractivity contribution in [2.75, 3.05) is 31.0 Å². The molecule has 2 aliphatic carbocycles. The first-order chi connectivity index (χ1) is 22.9. The van der Waals surface area contributed by atoms with Crippen LogP contribution in [0.3, 0.4) is 0 Å². The van der Waals surface area contributed by atoms with Crippen LogP contribution in [0.5, 0.6) is 11.5 Å². The lowest BCUT2D eigenvalue weighted by molar-refractivity contribution is 0.0711. The molecule has 0 bridgehead atoms. The van der Waals surface area contributed by atoms with Gasteiger partial charge in [-0.2, -0.15) is 0 Å². The quantitative estimate of drug-likeness (QED) is 0.212. The van der Waals surface area contributed by atoms with Crippen molar-refractivity contribution < 1.29 is 19.1 Å². The number of carbonyl (C=O) groups excluding carboxylic acids is 2. The summed E-state index contributed by atoms with van der Waals surface area (Å²) in [5.74, 6) is 6.49. The van der Waals surface area contributed by atoms with E-state index in [9.17, 15) is 19.2 Å². The zero-order chi connectivity index (χ0) is 32.8. The predicted octanol–water partition coefficient (Wildman–Crippen LogP) is 3.08. The number of pyridine rings is 2. The average molecular weight is 639 g/mol. The molecule has 0 spiro atoms. The Morgan fingerprint density at radius 1 is 0.787 bits per heavy atom. The lowest BCUT2D eigenvalue weighted by Gasteiger charge is -2.31. The summed E-state index contributed by atoms with van der Waals surface area (Å²) in [5.41, 5.74) is 4.69. The third-order valence-electron chi connectivity index (χ3n) is 8.15. The molecule has 2 aromatic carbocycles. The van der Waals surface area contributed by atoms with Crippen molar-refractivity contribution in [3.05, 3.63) is 128 Å². The molecule has 4 aromatic rings. The zero-order valence-electron chi connectivity index (χ0n) is 26.0. The van der Waals surface area contributed by atoms with Crippen LogP contribution in [0.25, 0.3) is 0 Å². The second kappa shape index (κ2) is 14.3. The van der Waals surface area contributed by atoms with Gasteiger partial charge in [-0.15, -0.1) is 0 Å². The number of rotatable bonds is 11. The fourth-order valence-electron chi connectivity index (χ4n) is 5.13. The molecule has 2 amide bonds. The minimum Gasteiger partial charge on any atom is -0.482 e. The molecule has 2 fully saturated rings. The van der Waals surface area contributed by atoms with E-state index in [2.05, 4.69) is 10.7 Å². The highest BCUT2D eigenvalue weighted by Crippen LogP contribution is 2.31. The molecule has 1 aliphatic heterocycles. The predicted molar refractivity (Wildman–Crippen MR) is 176 cm³/mol. The van der Waals surface area contributed by atoms with Gasteiger partial charge in [0, 0.05) is 37.6 Å². The van der Waals surface area contributed by atoms with Crippen molar-refractivity contribution in [3.8, 4) is 11.5 Å². The van der Waals surface area contributed by atoms with E-state index in [0.717, 1.165) is 35.2 Å². The van der Waals surface area contributed by atoms with Gasteiger partial charge in [0.25, 0.3) is 11.8 Å². The van der Waals surface area contributed by atoms with Crippen LogP contribution in [-0.2, 0) is 13.2 Å². The molecule has 7 rings (SSSR count).